The molecular weight excluding hydrogens is 348 g/mol. The zero-order chi connectivity index (χ0) is 20.8. The lowest BCUT2D eigenvalue weighted by atomic mass is 9.90. The van der Waals surface area contributed by atoms with Crippen molar-refractivity contribution in [3.63, 3.8) is 0 Å². The van der Waals surface area contributed by atoms with Crippen molar-refractivity contribution in [2.75, 3.05) is 0 Å². The number of unbranched alkanes of at least 4 members (excludes halogenated alkanes) is 12. The SMILES string of the molecule is CCCCCCCCCC1=C(CCCCCCCCC)CCCCCCCCC1. The Bertz CT molecular complexity index is 330. The Morgan fingerprint density at radius 1 is 0.379 bits per heavy atom. The minimum atomic E-state index is 1.37. The second-order valence-electron chi connectivity index (χ2n) is 9.92. The molecule has 0 unspecified atom stereocenters. The first-order chi connectivity index (χ1) is 14.4. The molecule has 0 radical (unpaired) electrons. The number of hydrogen-bond acceptors (Lipinski definition) is 0. The Kier molecular flexibility index (Phi) is 19.4. The quantitative estimate of drug-likeness (QED) is 0.177. The van der Waals surface area contributed by atoms with Gasteiger partial charge < -0.3 is 0 Å². The van der Waals surface area contributed by atoms with Gasteiger partial charge in [0.05, 0.1) is 0 Å². The van der Waals surface area contributed by atoms with E-state index in [2.05, 4.69) is 13.8 Å². The van der Waals surface area contributed by atoms with Gasteiger partial charge in [0.2, 0.25) is 0 Å². The van der Waals surface area contributed by atoms with Gasteiger partial charge in [-0.3, -0.25) is 0 Å². The van der Waals surface area contributed by atoms with E-state index in [0.717, 1.165) is 0 Å². The van der Waals surface area contributed by atoms with Crippen LogP contribution in [0.3, 0.4) is 0 Å². The Balaban J connectivity index is 2.44. The zero-order valence-electron chi connectivity index (χ0n) is 20.7. The summed E-state index contributed by atoms with van der Waals surface area (Å²) < 4.78 is 0. The highest BCUT2D eigenvalue weighted by Gasteiger charge is 2.09. The third-order valence-corrected chi connectivity index (χ3v) is 7.12. The van der Waals surface area contributed by atoms with E-state index < -0.39 is 0 Å². The summed E-state index contributed by atoms with van der Waals surface area (Å²) >= 11 is 0. The Morgan fingerprint density at radius 2 is 0.690 bits per heavy atom. The molecule has 0 fully saturated rings. The van der Waals surface area contributed by atoms with Crippen LogP contribution in [0, 0.1) is 0 Å². The molecular formula is C29H56. The summed E-state index contributed by atoms with van der Waals surface area (Å²) in [6, 6.07) is 0. The molecule has 0 atom stereocenters. The fourth-order valence-electron chi connectivity index (χ4n) is 5.11. The monoisotopic (exact) mass is 404 g/mol. The molecule has 0 amide bonds. The lowest BCUT2D eigenvalue weighted by Crippen LogP contribution is -1.96. The van der Waals surface area contributed by atoms with Crippen molar-refractivity contribution >= 4 is 0 Å². The molecule has 0 heterocycles. The van der Waals surface area contributed by atoms with Gasteiger partial charge in [0.1, 0.15) is 0 Å². The predicted molar refractivity (Wildman–Crippen MR) is 134 cm³/mol. The van der Waals surface area contributed by atoms with E-state index in [1.807, 2.05) is 11.1 Å². The Hall–Kier alpha value is -0.260. The van der Waals surface area contributed by atoms with Gasteiger partial charge in [-0.25, -0.2) is 0 Å². The molecule has 0 aromatic heterocycles. The highest BCUT2D eigenvalue weighted by atomic mass is 14.2. The number of allylic oxidation sites excluding steroid dienone is 2. The van der Waals surface area contributed by atoms with E-state index in [-0.39, 0.29) is 0 Å². The molecule has 0 saturated heterocycles. The molecule has 1 rings (SSSR count). The van der Waals surface area contributed by atoms with Crippen LogP contribution in [0.2, 0.25) is 0 Å². The lowest BCUT2D eigenvalue weighted by molar-refractivity contribution is 0.569. The van der Waals surface area contributed by atoms with Crippen LogP contribution < -0.4 is 0 Å². The topological polar surface area (TPSA) is 0 Å². The number of rotatable bonds is 16. The van der Waals surface area contributed by atoms with Crippen LogP contribution in [0.4, 0.5) is 0 Å². The van der Waals surface area contributed by atoms with Crippen LogP contribution in [-0.2, 0) is 0 Å². The average Bonchev–Trinajstić information content (AvgIpc) is 2.78. The van der Waals surface area contributed by atoms with E-state index in [0.29, 0.717) is 0 Å². The molecule has 0 aromatic carbocycles. The van der Waals surface area contributed by atoms with Gasteiger partial charge in [0.25, 0.3) is 0 Å². The second-order valence-corrected chi connectivity index (χ2v) is 9.92. The Labute approximate surface area is 185 Å². The molecule has 0 saturated carbocycles. The van der Waals surface area contributed by atoms with Crippen molar-refractivity contribution < 1.29 is 0 Å². The molecule has 172 valence electrons. The first-order valence-electron chi connectivity index (χ1n) is 14.1. The molecule has 1 aliphatic carbocycles. The van der Waals surface area contributed by atoms with Crippen molar-refractivity contribution in [2.45, 2.75) is 174 Å². The van der Waals surface area contributed by atoms with Gasteiger partial charge in [-0.2, -0.15) is 0 Å². The maximum atomic E-state index is 2.32. The molecule has 29 heavy (non-hydrogen) atoms. The van der Waals surface area contributed by atoms with Crippen LogP contribution in [0.25, 0.3) is 0 Å². The molecule has 0 bridgehead atoms. The van der Waals surface area contributed by atoms with Gasteiger partial charge in [0.15, 0.2) is 0 Å². The molecule has 0 aromatic rings. The first-order valence-corrected chi connectivity index (χ1v) is 14.1. The molecule has 0 aliphatic heterocycles. The highest BCUT2D eigenvalue weighted by molar-refractivity contribution is 5.15. The summed E-state index contributed by atoms with van der Waals surface area (Å²) in [5.41, 5.74) is 3.85. The molecule has 0 nitrogen and oxygen atoms in total. The molecule has 0 spiro atoms. The van der Waals surface area contributed by atoms with Gasteiger partial charge in [-0.1, -0.05) is 134 Å². The summed E-state index contributed by atoms with van der Waals surface area (Å²) in [5.74, 6) is 0. The van der Waals surface area contributed by atoms with Crippen molar-refractivity contribution in [3.8, 4) is 0 Å². The van der Waals surface area contributed by atoms with E-state index in [1.54, 1.807) is 0 Å². The molecule has 0 N–H and O–H groups in total. The van der Waals surface area contributed by atoms with Crippen LogP contribution in [0.1, 0.15) is 174 Å². The molecule has 1 aliphatic rings. The van der Waals surface area contributed by atoms with Crippen molar-refractivity contribution in [2.24, 2.45) is 0 Å². The van der Waals surface area contributed by atoms with Crippen LogP contribution in [-0.4, -0.2) is 0 Å². The maximum Gasteiger partial charge on any atom is -0.0318 e. The van der Waals surface area contributed by atoms with Crippen molar-refractivity contribution in [1.82, 2.24) is 0 Å². The minimum Gasteiger partial charge on any atom is -0.0710 e. The summed E-state index contributed by atoms with van der Waals surface area (Å²) in [4.78, 5) is 0. The smallest absolute Gasteiger partial charge is 0.0318 e. The second kappa shape index (κ2) is 21.0. The summed E-state index contributed by atoms with van der Waals surface area (Å²) in [7, 11) is 0. The van der Waals surface area contributed by atoms with Crippen molar-refractivity contribution in [3.05, 3.63) is 11.1 Å². The van der Waals surface area contributed by atoms with E-state index >= 15 is 0 Å². The largest absolute Gasteiger partial charge is 0.0710 e. The van der Waals surface area contributed by atoms with Gasteiger partial charge in [0, 0.05) is 0 Å². The van der Waals surface area contributed by atoms with Gasteiger partial charge in [-0.15, -0.1) is 0 Å². The average molecular weight is 405 g/mol. The number of hydrogen-bond donors (Lipinski definition) is 0. The van der Waals surface area contributed by atoms with Gasteiger partial charge in [-0.05, 0) is 51.4 Å². The third kappa shape index (κ3) is 16.1. The summed E-state index contributed by atoms with van der Waals surface area (Å²) in [6.07, 6.45) is 36.3. The minimum absolute atomic E-state index is 1.37. The van der Waals surface area contributed by atoms with Crippen LogP contribution in [0.5, 0.6) is 0 Å². The highest BCUT2D eigenvalue weighted by Crippen LogP contribution is 2.29. The lowest BCUT2D eigenvalue weighted by Gasteiger charge is -2.16. The Morgan fingerprint density at radius 3 is 1.07 bits per heavy atom. The van der Waals surface area contributed by atoms with E-state index in [1.165, 1.54) is 161 Å². The first kappa shape index (κ1) is 26.8. The van der Waals surface area contributed by atoms with Crippen LogP contribution >= 0.6 is 0 Å². The fourth-order valence-corrected chi connectivity index (χ4v) is 5.11. The summed E-state index contributed by atoms with van der Waals surface area (Å²) in [5, 5.41) is 0. The predicted octanol–water partition coefficient (Wildman–Crippen LogP) is 11.1. The maximum absolute atomic E-state index is 2.32. The summed E-state index contributed by atoms with van der Waals surface area (Å²) in [6.45, 7) is 4.64. The van der Waals surface area contributed by atoms with E-state index in [9.17, 15) is 0 Å². The van der Waals surface area contributed by atoms with Gasteiger partial charge >= 0.3 is 0 Å². The van der Waals surface area contributed by atoms with E-state index in [4.69, 9.17) is 0 Å². The van der Waals surface area contributed by atoms with Crippen molar-refractivity contribution in [1.29, 1.82) is 0 Å². The normalized spacial score (nSPS) is 16.8. The molecule has 0 heteroatoms. The third-order valence-electron chi connectivity index (χ3n) is 7.12. The fraction of sp³-hybridized carbons (Fsp3) is 0.931. The zero-order valence-corrected chi connectivity index (χ0v) is 20.7. The standard InChI is InChI=1S/C29H56/c1-3-5-7-9-12-16-20-24-28-26-22-18-14-11-15-19-23-27-29(28)25-21-17-13-10-8-6-4-2/h3-27H2,1-2H3. The van der Waals surface area contributed by atoms with Crippen LogP contribution in [0.15, 0.2) is 11.1 Å².